The molecule has 0 unspecified atom stereocenters. The molecule has 0 saturated carbocycles. The molecule has 1 aliphatic rings. The van der Waals surface area contributed by atoms with Crippen LogP contribution < -0.4 is 26.2 Å². The number of fused-ring (bicyclic) bond motifs is 1. The van der Waals surface area contributed by atoms with Crippen LogP contribution in [0.5, 0.6) is 5.88 Å². The lowest BCUT2D eigenvalue weighted by Crippen LogP contribution is -2.35. The lowest BCUT2D eigenvalue weighted by molar-refractivity contribution is -0.145. The van der Waals surface area contributed by atoms with E-state index in [-0.39, 0.29) is 43.6 Å². The van der Waals surface area contributed by atoms with E-state index < -0.39 is 12.1 Å². The quantitative estimate of drug-likeness (QED) is 0.150. The third-order valence-electron chi connectivity index (χ3n) is 7.69. The van der Waals surface area contributed by atoms with Crippen LogP contribution in [-0.2, 0) is 27.4 Å². The van der Waals surface area contributed by atoms with E-state index in [1.165, 1.54) is 10.6 Å². The monoisotopic (exact) mass is 648 g/mol. The topological polar surface area (TPSA) is 156 Å². The Hall–Kier alpha value is -4.36. The van der Waals surface area contributed by atoms with E-state index in [9.17, 15) is 19.5 Å². The van der Waals surface area contributed by atoms with Crippen LogP contribution in [0.4, 0.5) is 0 Å². The molecule has 1 aliphatic heterocycles. The molecule has 2 atom stereocenters. The second kappa shape index (κ2) is 15.3. The van der Waals surface area contributed by atoms with Crippen molar-refractivity contribution in [2.24, 2.45) is 0 Å². The average molecular weight is 649 g/mol. The second-order valence-electron chi connectivity index (χ2n) is 11.0. The molecule has 4 N–H and O–H groups in total. The standard InChI is InChI=1S/C33H37ClN6O6/c1-3-46-30(43)14-24(41)19-36-16-22-17-37-28-13-20(11-12-40(28)33(22)44)25-5-4-6-26(31(25)34)27-9-7-21(32(39-27)45-2)15-35-18-23-8-10-29(42)38-23/h4-7,9,11-13,17,23-24,35-36,41H,3,8,10,14-16,18-19H2,1-2H3,(H,38,42)/t23-,24-/m0/s1. The van der Waals surface area contributed by atoms with Gasteiger partial charge in [-0.2, -0.15) is 0 Å². The zero-order valence-corrected chi connectivity index (χ0v) is 26.5. The molecule has 0 bridgehead atoms. The van der Waals surface area contributed by atoms with Crippen LogP contribution in [0.15, 0.2) is 59.7 Å². The summed E-state index contributed by atoms with van der Waals surface area (Å²) in [6.07, 6.45) is 3.49. The number of rotatable bonds is 14. The van der Waals surface area contributed by atoms with Gasteiger partial charge in [0.15, 0.2) is 0 Å². The molecule has 1 aromatic carbocycles. The van der Waals surface area contributed by atoms with E-state index in [0.29, 0.717) is 47.3 Å². The van der Waals surface area contributed by atoms with Gasteiger partial charge in [0.05, 0.1) is 37.0 Å². The zero-order chi connectivity index (χ0) is 32.6. The number of ether oxygens (including phenoxy) is 2. The first-order valence-electron chi connectivity index (χ1n) is 15.1. The number of benzene rings is 1. The van der Waals surface area contributed by atoms with Gasteiger partial charge in [-0.15, -0.1) is 0 Å². The second-order valence-corrected chi connectivity index (χ2v) is 11.4. The van der Waals surface area contributed by atoms with Crippen molar-refractivity contribution in [3.63, 3.8) is 0 Å². The summed E-state index contributed by atoms with van der Waals surface area (Å²) in [5.41, 5.74) is 4.40. The number of hydrogen-bond acceptors (Lipinski definition) is 10. The first kappa shape index (κ1) is 33.0. The molecule has 242 valence electrons. The molecule has 46 heavy (non-hydrogen) atoms. The molecule has 0 radical (unpaired) electrons. The molecule has 5 rings (SSSR count). The van der Waals surface area contributed by atoms with Crippen LogP contribution in [0.25, 0.3) is 28.0 Å². The fraction of sp³-hybridized carbons (Fsp3) is 0.364. The molecule has 3 aromatic heterocycles. The minimum absolute atomic E-state index is 0.0874. The van der Waals surface area contributed by atoms with Crippen LogP contribution in [-0.4, -0.2) is 70.3 Å². The third-order valence-corrected chi connectivity index (χ3v) is 8.10. The van der Waals surface area contributed by atoms with E-state index in [4.69, 9.17) is 26.1 Å². The number of pyridine rings is 2. The van der Waals surface area contributed by atoms with Gasteiger partial charge in [0, 0.05) is 73.3 Å². The lowest BCUT2D eigenvalue weighted by atomic mass is 10.0. The Morgan fingerprint density at radius 3 is 2.72 bits per heavy atom. The SMILES string of the molecule is CCOC(=O)C[C@H](O)CNCc1cnc2cc(-c3cccc(-c4ccc(CNC[C@@H]5CCC(=O)N5)c(OC)n4)c3Cl)ccn2c1=O. The van der Waals surface area contributed by atoms with Crippen molar-refractivity contribution in [3.8, 4) is 28.3 Å². The van der Waals surface area contributed by atoms with Gasteiger partial charge in [0.25, 0.3) is 5.56 Å². The van der Waals surface area contributed by atoms with Crippen molar-refractivity contribution in [1.29, 1.82) is 0 Å². The number of aliphatic hydroxyl groups is 1. The summed E-state index contributed by atoms with van der Waals surface area (Å²) < 4.78 is 11.9. The predicted octanol–water partition coefficient (Wildman–Crippen LogP) is 2.86. The van der Waals surface area contributed by atoms with Gasteiger partial charge >= 0.3 is 5.97 Å². The summed E-state index contributed by atoms with van der Waals surface area (Å²) in [4.78, 5) is 45.3. The Kier molecular flexibility index (Phi) is 11.0. The molecule has 4 heterocycles. The Morgan fingerprint density at radius 1 is 1.15 bits per heavy atom. The van der Waals surface area contributed by atoms with Gasteiger partial charge < -0.3 is 30.5 Å². The number of nitrogens with one attached hydrogen (secondary N) is 3. The molecule has 4 aromatic rings. The predicted molar refractivity (Wildman–Crippen MR) is 174 cm³/mol. The minimum Gasteiger partial charge on any atom is -0.481 e. The number of carbonyl (C=O) groups excluding carboxylic acids is 2. The Morgan fingerprint density at radius 2 is 1.96 bits per heavy atom. The van der Waals surface area contributed by atoms with Crippen molar-refractivity contribution < 1.29 is 24.2 Å². The van der Waals surface area contributed by atoms with E-state index in [1.807, 2.05) is 30.3 Å². The van der Waals surface area contributed by atoms with Crippen molar-refractivity contribution in [3.05, 3.63) is 81.4 Å². The third kappa shape index (κ3) is 7.88. The fourth-order valence-corrected chi connectivity index (χ4v) is 5.69. The zero-order valence-electron chi connectivity index (χ0n) is 25.7. The number of aromatic nitrogens is 3. The van der Waals surface area contributed by atoms with Crippen LogP contribution in [0, 0.1) is 0 Å². The van der Waals surface area contributed by atoms with Crippen LogP contribution >= 0.6 is 11.6 Å². The van der Waals surface area contributed by atoms with E-state index >= 15 is 0 Å². The number of halogens is 1. The first-order chi connectivity index (χ1) is 22.3. The van der Waals surface area contributed by atoms with E-state index in [0.717, 1.165) is 28.7 Å². The number of carbonyl (C=O) groups is 2. The molecule has 0 aliphatic carbocycles. The molecule has 1 fully saturated rings. The molecule has 13 heteroatoms. The number of methoxy groups -OCH3 is 1. The number of esters is 1. The normalized spacial score (nSPS) is 15.1. The van der Waals surface area contributed by atoms with Crippen LogP contribution in [0.2, 0.25) is 5.02 Å². The summed E-state index contributed by atoms with van der Waals surface area (Å²) in [5, 5.41) is 19.8. The van der Waals surface area contributed by atoms with Crippen molar-refractivity contribution in [2.45, 2.75) is 51.4 Å². The first-order valence-corrected chi connectivity index (χ1v) is 15.5. The highest BCUT2D eigenvalue weighted by Gasteiger charge is 2.20. The summed E-state index contributed by atoms with van der Waals surface area (Å²) >= 11 is 6.95. The minimum atomic E-state index is -0.928. The van der Waals surface area contributed by atoms with E-state index in [1.54, 1.807) is 32.4 Å². The van der Waals surface area contributed by atoms with Gasteiger partial charge in [-0.05, 0) is 37.1 Å². The Labute approximate surface area is 271 Å². The molecule has 0 spiro atoms. The molecule has 1 saturated heterocycles. The summed E-state index contributed by atoms with van der Waals surface area (Å²) in [6.45, 7) is 3.45. The van der Waals surface area contributed by atoms with Crippen molar-refractivity contribution in [2.75, 3.05) is 26.8 Å². The van der Waals surface area contributed by atoms with Crippen molar-refractivity contribution >= 4 is 29.1 Å². The Bertz CT molecular complexity index is 1780. The molecular formula is C33H37ClN6O6. The molecule has 12 nitrogen and oxygen atoms in total. The molecule has 1 amide bonds. The maximum Gasteiger partial charge on any atom is 0.308 e. The number of hydrogen-bond donors (Lipinski definition) is 4. The number of aliphatic hydroxyl groups excluding tert-OH is 1. The van der Waals surface area contributed by atoms with Gasteiger partial charge in [-0.25, -0.2) is 9.97 Å². The van der Waals surface area contributed by atoms with Crippen LogP contribution in [0.3, 0.4) is 0 Å². The largest absolute Gasteiger partial charge is 0.481 e. The van der Waals surface area contributed by atoms with Gasteiger partial charge in [-0.3, -0.25) is 18.8 Å². The van der Waals surface area contributed by atoms with Gasteiger partial charge in [0.2, 0.25) is 11.8 Å². The number of amides is 1. The summed E-state index contributed by atoms with van der Waals surface area (Å²) in [7, 11) is 1.58. The lowest BCUT2D eigenvalue weighted by Gasteiger charge is -2.15. The Balaban J connectivity index is 1.29. The summed E-state index contributed by atoms with van der Waals surface area (Å²) in [6, 6.07) is 13.3. The average Bonchev–Trinajstić information content (AvgIpc) is 3.47. The van der Waals surface area contributed by atoms with Crippen molar-refractivity contribution in [1.82, 2.24) is 30.3 Å². The molecular weight excluding hydrogens is 612 g/mol. The fourth-order valence-electron chi connectivity index (χ4n) is 5.35. The smallest absolute Gasteiger partial charge is 0.308 e. The van der Waals surface area contributed by atoms with Gasteiger partial charge in [0.1, 0.15) is 5.65 Å². The maximum atomic E-state index is 13.1. The van der Waals surface area contributed by atoms with Crippen LogP contribution in [0.1, 0.15) is 37.3 Å². The maximum absolute atomic E-state index is 13.1. The highest BCUT2D eigenvalue weighted by atomic mass is 35.5. The summed E-state index contributed by atoms with van der Waals surface area (Å²) in [5.74, 6) is 0.0933. The highest BCUT2D eigenvalue weighted by Crippen LogP contribution is 2.37. The highest BCUT2D eigenvalue weighted by molar-refractivity contribution is 6.36. The van der Waals surface area contributed by atoms with Gasteiger partial charge in [-0.1, -0.05) is 35.9 Å². The number of nitrogens with zero attached hydrogens (tertiary/aromatic N) is 3. The van der Waals surface area contributed by atoms with E-state index in [2.05, 4.69) is 20.9 Å².